The molecule has 0 amide bonds. The molecule has 0 aliphatic carbocycles. The zero-order chi connectivity index (χ0) is 13.5. The Labute approximate surface area is 115 Å². The summed E-state index contributed by atoms with van der Waals surface area (Å²) in [5.74, 6) is -0.294. The number of nitrogens with one attached hydrogen (secondary N) is 1. The van der Waals surface area contributed by atoms with Crippen LogP contribution < -0.4 is 5.32 Å². The monoisotopic (exact) mass is 278 g/mol. The first-order valence-electron chi connectivity index (χ1n) is 5.99. The van der Waals surface area contributed by atoms with Gasteiger partial charge < -0.3 is 10.1 Å². The Kier molecular flexibility index (Phi) is 4.79. The first-order chi connectivity index (χ1) is 9.29. The minimum atomic E-state index is -0.294. The Morgan fingerprint density at radius 2 is 2.16 bits per heavy atom. The molecule has 100 valence electrons. The Morgan fingerprint density at radius 3 is 2.79 bits per heavy atom. The number of carbonyl (C=O) groups excluding carboxylic acids is 1. The predicted octanol–water partition coefficient (Wildman–Crippen LogP) is 2.63. The lowest BCUT2D eigenvalue weighted by atomic mass is 10.2. The van der Waals surface area contributed by atoms with Crippen molar-refractivity contribution in [3.63, 3.8) is 0 Å². The SMILES string of the molecule is CCCCOC(=O)c1ccc(Nc2nnns2)cc1. The van der Waals surface area contributed by atoms with Gasteiger partial charge in [0.25, 0.3) is 0 Å². The van der Waals surface area contributed by atoms with Gasteiger partial charge in [0.15, 0.2) is 0 Å². The van der Waals surface area contributed by atoms with Crippen LogP contribution in [0.1, 0.15) is 30.1 Å². The Balaban J connectivity index is 1.92. The van der Waals surface area contributed by atoms with E-state index in [0.717, 1.165) is 18.5 Å². The van der Waals surface area contributed by atoms with Crippen LogP contribution in [-0.2, 0) is 4.74 Å². The highest BCUT2D eigenvalue weighted by Crippen LogP contribution is 2.17. The standard InChI is InChI=1S/C12H14N4O2S/c1-2-3-8-18-11(17)9-4-6-10(7-5-9)13-12-14-15-16-19-12/h4-7H,2-3,8H2,1H3,(H,13,14,16). The third kappa shape index (κ3) is 3.99. The van der Waals surface area contributed by atoms with Gasteiger partial charge in [0.1, 0.15) is 0 Å². The topological polar surface area (TPSA) is 77.0 Å². The van der Waals surface area contributed by atoms with Crippen LogP contribution >= 0.6 is 11.5 Å². The van der Waals surface area contributed by atoms with Crippen LogP contribution in [0, 0.1) is 0 Å². The van der Waals surface area contributed by atoms with Gasteiger partial charge >= 0.3 is 5.97 Å². The Morgan fingerprint density at radius 1 is 1.37 bits per heavy atom. The van der Waals surface area contributed by atoms with Gasteiger partial charge in [-0.1, -0.05) is 22.9 Å². The van der Waals surface area contributed by atoms with E-state index in [9.17, 15) is 4.79 Å². The Bertz CT molecular complexity index is 513. The summed E-state index contributed by atoms with van der Waals surface area (Å²) < 4.78 is 8.77. The third-order valence-electron chi connectivity index (χ3n) is 2.40. The molecule has 0 unspecified atom stereocenters. The highest BCUT2D eigenvalue weighted by Gasteiger charge is 2.07. The zero-order valence-electron chi connectivity index (χ0n) is 10.5. The van der Waals surface area contributed by atoms with Gasteiger partial charge in [-0.2, -0.15) is 0 Å². The van der Waals surface area contributed by atoms with Crippen molar-refractivity contribution in [2.45, 2.75) is 19.8 Å². The van der Waals surface area contributed by atoms with Crippen molar-refractivity contribution in [3.05, 3.63) is 29.8 Å². The van der Waals surface area contributed by atoms with E-state index in [1.165, 1.54) is 11.5 Å². The van der Waals surface area contributed by atoms with Crippen LogP contribution in [0.2, 0.25) is 0 Å². The molecule has 0 aliphatic rings. The highest BCUT2D eigenvalue weighted by atomic mass is 32.1. The summed E-state index contributed by atoms with van der Waals surface area (Å²) in [7, 11) is 0. The van der Waals surface area contributed by atoms with Crippen LogP contribution in [0.25, 0.3) is 0 Å². The first-order valence-corrected chi connectivity index (χ1v) is 6.76. The van der Waals surface area contributed by atoms with Gasteiger partial charge in [-0.05, 0) is 35.9 Å². The summed E-state index contributed by atoms with van der Waals surface area (Å²) in [4.78, 5) is 11.7. The molecule has 0 saturated heterocycles. The molecule has 7 heteroatoms. The van der Waals surface area contributed by atoms with Crippen molar-refractivity contribution < 1.29 is 9.53 Å². The van der Waals surface area contributed by atoms with Gasteiger partial charge in [0.2, 0.25) is 5.13 Å². The van der Waals surface area contributed by atoms with E-state index in [2.05, 4.69) is 27.0 Å². The summed E-state index contributed by atoms with van der Waals surface area (Å²) in [5.41, 5.74) is 1.36. The van der Waals surface area contributed by atoms with Crippen molar-refractivity contribution in [2.24, 2.45) is 0 Å². The van der Waals surface area contributed by atoms with Crippen molar-refractivity contribution >= 4 is 28.3 Å². The largest absolute Gasteiger partial charge is 0.462 e. The van der Waals surface area contributed by atoms with E-state index >= 15 is 0 Å². The maximum absolute atomic E-state index is 11.7. The average Bonchev–Trinajstić information content (AvgIpc) is 2.93. The molecule has 0 aliphatic heterocycles. The number of benzene rings is 1. The van der Waals surface area contributed by atoms with Gasteiger partial charge in [-0.15, -0.1) is 0 Å². The molecule has 6 nitrogen and oxygen atoms in total. The molecule has 0 bridgehead atoms. The summed E-state index contributed by atoms with van der Waals surface area (Å²) in [6.45, 7) is 2.52. The van der Waals surface area contributed by atoms with E-state index < -0.39 is 0 Å². The van der Waals surface area contributed by atoms with E-state index in [1.807, 2.05) is 0 Å². The van der Waals surface area contributed by atoms with Gasteiger partial charge in [-0.3, -0.25) is 0 Å². The van der Waals surface area contributed by atoms with Crippen LogP contribution in [0.4, 0.5) is 10.8 Å². The number of nitrogens with zero attached hydrogens (tertiary/aromatic N) is 3. The van der Waals surface area contributed by atoms with Crippen LogP contribution in [0.5, 0.6) is 0 Å². The number of carbonyl (C=O) groups is 1. The minimum absolute atomic E-state index is 0.294. The number of hydrogen-bond donors (Lipinski definition) is 1. The van der Waals surface area contributed by atoms with Gasteiger partial charge in [-0.25, -0.2) is 4.79 Å². The summed E-state index contributed by atoms with van der Waals surface area (Å²) in [5, 5.41) is 10.9. The molecule has 0 spiro atoms. The number of unbranched alkanes of at least 4 members (excludes halogenated alkanes) is 1. The third-order valence-corrected chi connectivity index (χ3v) is 2.91. The molecular weight excluding hydrogens is 264 g/mol. The highest BCUT2D eigenvalue weighted by molar-refractivity contribution is 7.09. The van der Waals surface area contributed by atoms with Crippen molar-refractivity contribution in [1.82, 2.24) is 14.8 Å². The normalized spacial score (nSPS) is 10.2. The lowest BCUT2D eigenvalue weighted by Crippen LogP contribution is -2.06. The second-order valence-corrected chi connectivity index (χ2v) is 4.59. The van der Waals surface area contributed by atoms with Gasteiger partial charge in [0, 0.05) is 17.2 Å². The lowest BCUT2D eigenvalue weighted by Gasteiger charge is -2.05. The molecule has 1 aromatic heterocycles. The molecular formula is C12H14N4O2S. The second-order valence-electron chi connectivity index (χ2n) is 3.86. The van der Waals surface area contributed by atoms with E-state index in [-0.39, 0.29) is 5.97 Å². The zero-order valence-corrected chi connectivity index (χ0v) is 11.3. The molecule has 0 fully saturated rings. The lowest BCUT2D eigenvalue weighted by molar-refractivity contribution is 0.0500. The number of aromatic nitrogens is 3. The average molecular weight is 278 g/mol. The molecule has 0 radical (unpaired) electrons. The molecule has 19 heavy (non-hydrogen) atoms. The quantitative estimate of drug-likeness (QED) is 0.646. The van der Waals surface area contributed by atoms with Crippen molar-refractivity contribution in [2.75, 3.05) is 11.9 Å². The maximum atomic E-state index is 11.7. The number of ether oxygens (including phenoxy) is 1. The maximum Gasteiger partial charge on any atom is 0.338 e. The van der Waals surface area contributed by atoms with Crippen LogP contribution in [0.15, 0.2) is 24.3 Å². The fraction of sp³-hybridized carbons (Fsp3) is 0.333. The van der Waals surface area contributed by atoms with Crippen LogP contribution in [0.3, 0.4) is 0 Å². The number of hydrogen-bond acceptors (Lipinski definition) is 7. The minimum Gasteiger partial charge on any atom is -0.462 e. The molecule has 1 heterocycles. The Hall–Kier alpha value is -2.02. The molecule has 1 aromatic carbocycles. The predicted molar refractivity (Wildman–Crippen MR) is 72.6 cm³/mol. The number of rotatable bonds is 6. The molecule has 2 rings (SSSR count). The molecule has 1 N–H and O–H groups in total. The summed E-state index contributed by atoms with van der Waals surface area (Å²) >= 11 is 1.17. The van der Waals surface area contributed by atoms with Crippen molar-refractivity contribution in [1.29, 1.82) is 0 Å². The fourth-order valence-corrected chi connectivity index (χ4v) is 1.77. The van der Waals surface area contributed by atoms with E-state index in [1.54, 1.807) is 24.3 Å². The van der Waals surface area contributed by atoms with Crippen LogP contribution in [-0.4, -0.2) is 27.4 Å². The smallest absolute Gasteiger partial charge is 0.338 e. The number of anilines is 2. The summed E-state index contributed by atoms with van der Waals surface area (Å²) in [6.07, 6.45) is 1.89. The summed E-state index contributed by atoms with van der Waals surface area (Å²) in [6, 6.07) is 7.01. The first kappa shape index (κ1) is 13.4. The fourth-order valence-electron chi connectivity index (χ4n) is 1.39. The molecule has 2 aromatic rings. The second kappa shape index (κ2) is 6.79. The van der Waals surface area contributed by atoms with Gasteiger partial charge in [0.05, 0.1) is 12.2 Å². The molecule has 0 atom stereocenters. The van der Waals surface area contributed by atoms with E-state index in [4.69, 9.17) is 4.74 Å². The van der Waals surface area contributed by atoms with E-state index in [0.29, 0.717) is 17.3 Å². The number of esters is 1. The van der Waals surface area contributed by atoms with Crippen molar-refractivity contribution in [3.8, 4) is 0 Å². The molecule has 0 saturated carbocycles.